The highest BCUT2D eigenvalue weighted by molar-refractivity contribution is 7.70. The van der Waals surface area contributed by atoms with Gasteiger partial charge in [-0.25, -0.2) is 14.2 Å². The molecule has 1 fully saturated rings. The number of hydrogen-bond donors (Lipinski definition) is 3. The highest BCUT2D eigenvalue weighted by atomic mass is 31.2. The molecule has 0 bridgehead atoms. The average Bonchev–Trinajstić information content (AvgIpc) is 3.41. The summed E-state index contributed by atoms with van der Waals surface area (Å²) < 4.78 is 29.3. The molecule has 46 heavy (non-hydrogen) atoms. The van der Waals surface area contributed by atoms with Gasteiger partial charge < -0.3 is 20.5 Å². The maximum atomic E-state index is 12.5. The Labute approximate surface area is 272 Å². The smallest absolute Gasteiger partial charge is 0.435 e. The monoisotopic (exact) mass is 672 g/mol. The third kappa shape index (κ3) is 15.9. The van der Waals surface area contributed by atoms with Crippen LogP contribution in [0.15, 0.2) is 20.9 Å². The standard InChI is InChI=1S/C31H54N5O8P.H3N/c1-3-4-5-6-7-8-9-10-11-12-13-14-15-16-17-18-19-20-21-42-31(39)45(40,41)43-24-27-26(34-35-32)22-28(44-27)36-23-25(2)29(37)33-30(36)38;/h23,26-28H,3-22,24H2,1-2H3,(H,40,41)(H,33,37,38);1H3/t26?,27-,28-;/m1./s1. The number of unbranched alkanes of at least 4 members (excludes halogenated alkanes) is 17. The summed E-state index contributed by atoms with van der Waals surface area (Å²) in [6.07, 6.45) is 21.7. The van der Waals surface area contributed by atoms with Gasteiger partial charge in [-0.15, -0.1) is 0 Å². The number of aromatic amines is 1. The summed E-state index contributed by atoms with van der Waals surface area (Å²) in [6.45, 7) is 3.25. The second-order valence-corrected chi connectivity index (χ2v) is 13.7. The maximum absolute atomic E-state index is 12.5. The van der Waals surface area contributed by atoms with Gasteiger partial charge in [0.1, 0.15) is 6.23 Å². The molecule has 1 aliphatic heterocycles. The van der Waals surface area contributed by atoms with Crippen molar-refractivity contribution in [2.75, 3.05) is 13.2 Å². The van der Waals surface area contributed by atoms with Crippen molar-refractivity contribution in [2.45, 2.75) is 154 Å². The summed E-state index contributed by atoms with van der Waals surface area (Å²) >= 11 is 0. The van der Waals surface area contributed by atoms with Crippen LogP contribution in [0.25, 0.3) is 10.4 Å². The molecule has 1 saturated heterocycles. The summed E-state index contributed by atoms with van der Waals surface area (Å²) in [4.78, 5) is 51.1. The number of hydrogen-bond acceptors (Lipinski definition) is 9. The van der Waals surface area contributed by atoms with Crippen LogP contribution >= 0.6 is 7.60 Å². The molecule has 2 unspecified atom stereocenters. The van der Waals surface area contributed by atoms with Gasteiger partial charge in [0.15, 0.2) is 0 Å². The molecule has 1 aromatic heterocycles. The first kappa shape index (κ1) is 41.6. The lowest BCUT2D eigenvalue weighted by Crippen LogP contribution is -2.33. The lowest BCUT2D eigenvalue weighted by molar-refractivity contribution is -0.0239. The Kier molecular flexibility index (Phi) is 21.5. The molecule has 0 aliphatic carbocycles. The van der Waals surface area contributed by atoms with Crippen LogP contribution in [0.3, 0.4) is 0 Å². The van der Waals surface area contributed by atoms with E-state index in [-0.39, 0.29) is 24.7 Å². The van der Waals surface area contributed by atoms with Crippen LogP contribution in [-0.4, -0.2) is 45.5 Å². The number of azide groups is 1. The molecule has 4 atom stereocenters. The zero-order valence-electron chi connectivity index (χ0n) is 27.9. The van der Waals surface area contributed by atoms with E-state index in [2.05, 4.69) is 21.9 Å². The average molecular weight is 673 g/mol. The quantitative estimate of drug-likeness (QED) is 0.0298. The lowest BCUT2D eigenvalue weighted by atomic mass is 10.0. The normalized spacial score (nSPS) is 18.8. The van der Waals surface area contributed by atoms with E-state index in [4.69, 9.17) is 19.5 Å². The number of aromatic nitrogens is 2. The zero-order valence-corrected chi connectivity index (χ0v) is 28.8. The molecule has 0 amide bonds. The van der Waals surface area contributed by atoms with Crippen LogP contribution in [0.4, 0.5) is 4.79 Å². The first-order valence-corrected chi connectivity index (χ1v) is 18.4. The molecule has 264 valence electrons. The predicted octanol–water partition coefficient (Wildman–Crippen LogP) is 8.35. The highest BCUT2D eigenvalue weighted by Crippen LogP contribution is 2.45. The number of carbonyl (C=O) groups is 1. The summed E-state index contributed by atoms with van der Waals surface area (Å²) in [6, 6.07) is -0.838. The number of rotatable bonds is 25. The fourth-order valence-electron chi connectivity index (χ4n) is 5.50. The van der Waals surface area contributed by atoms with Crippen molar-refractivity contribution >= 4 is 13.3 Å². The number of nitrogens with one attached hydrogen (secondary N) is 1. The zero-order chi connectivity index (χ0) is 32.9. The Hall–Kier alpha value is -2.47. The Morgan fingerprint density at radius 2 is 1.50 bits per heavy atom. The van der Waals surface area contributed by atoms with Crippen molar-refractivity contribution in [3.63, 3.8) is 0 Å². The fourth-order valence-corrected chi connectivity index (χ4v) is 6.20. The van der Waals surface area contributed by atoms with Crippen LogP contribution < -0.4 is 17.4 Å². The van der Waals surface area contributed by atoms with Crippen LogP contribution in [0.2, 0.25) is 0 Å². The van der Waals surface area contributed by atoms with Crippen molar-refractivity contribution in [2.24, 2.45) is 5.11 Å². The molecule has 0 aromatic carbocycles. The van der Waals surface area contributed by atoms with Gasteiger partial charge in [-0.2, -0.15) is 0 Å². The minimum atomic E-state index is -4.78. The molecule has 0 spiro atoms. The van der Waals surface area contributed by atoms with Crippen LogP contribution in [-0.2, 0) is 18.6 Å². The van der Waals surface area contributed by atoms with E-state index in [1.54, 1.807) is 0 Å². The number of ether oxygens (including phenoxy) is 2. The fraction of sp³-hybridized carbons (Fsp3) is 0.839. The van der Waals surface area contributed by atoms with Crippen molar-refractivity contribution in [3.05, 3.63) is 43.0 Å². The summed E-state index contributed by atoms with van der Waals surface area (Å²) in [5.74, 6) is 0. The molecule has 15 heteroatoms. The predicted molar refractivity (Wildman–Crippen MR) is 178 cm³/mol. The molecule has 5 N–H and O–H groups in total. The maximum Gasteiger partial charge on any atom is 0.435 e. The van der Waals surface area contributed by atoms with Crippen molar-refractivity contribution in [3.8, 4) is 0 Å². The minimum Gasteiger partial charge on any atom is -0.457 e. The second kappa shape index (κ2) is 23.8. The van der Waals surface area contributed by atoms with E-state index < -0.39 is 49.5 Å². The van der Waals surface area contributed by atoms with Gasteiger partial charge in [-0.1, -0.05) is 121 Å². The Bertz CT molecular complexity index is 1220. The Morgan fingerprint density at radius 3 is 2.00 bits per heavy atom. The first-order valence-electron chi connectivity index (χ1n) is 16.9. The molecule has 0 saturated carbocycles. The number of H-pyrrole nitrogens is 1. The number of nitrogens with zero attached hydrogens (tertiary/aromatic N) is 4. The summed E-state index contributed by atoms with van der Waals surface area (Å²) in [5, 5.41) is 3.63. The molecular formula is C31H57N6O8P. The van der Waals surface area contributed by atoms with Gasteiger partial charge >= 0.3 is 19.0 Å². The summed E-state index contributed by atoms with van der Waals surface area (Å²) in [7, 11) is -4.78. The largest absolute Gasteiger partial charge is 0.457 e. The van der Waals surface area contributed by atoms with Crippen molar-refractivity contribution in [1.29, 1.82) is 0 Å². The molecule has 14 nitrogen and oxygen atoms in total. The van der Waals surface area contributed by atoms with E-state index in [1.807, 2.05) is 0 Å². The van der Waals surface area contributed by atoms with E-state index in [0.717, 1.165) is 23.8 Å². The van der Waals surface area contributed by atoms with Gasteiger partial charge in [-0.05, 0) is 18.9 Å². The van der Waals surface area contributed by atoms with Crippen LogP contribution in [0.1, 0.15) is 141 Å². The first-order chi connectivity index (χ1) is 21.7. The molecular weight excluding hydrogens is 615 g/mol. The van der Waals surface area contributed by atoms with Gasteiger partial charge in [0.05, 0.1) is 25.4 Å². The van der Waals surface area contributed by atoms with Crippen LogP contribution in [0, 0.1) is 6.92 Å². The topological polar surface area (TPSA) is 221 Å². The molecule has 1 aromatic rings. The minimum absolute atomic E-state index is 0. The third-order valence-electron chi connectivity index (χ3n) is 8.23. The second-order valence-electron chi connectivity index (χ2n) is 12.1. The Balaban J connectivity index is 0.0000106. The van der Waals surface area contributed by atoms with E-state index in [0.29, 0.717) is 6.42 Å². The van der Waals surface area contributed by atoms with E-state index in [9.17, 15) is 23.8 Å². The van der Waals surface area contributed by atoms with E-state index in [1.165, 1.54) is 103 Å². The third-order valence-corrected chi connectivity index (χ3v) is 9.32. The van der Waals surface area contributed by atoms with Crippen molar-refractivity contribution in [1.82, 2.24) is 15.7 Å². The van der Waals surface area contributed by atoms with Gasteiger partial charge in [-0.3, -0.25) is 18.9 Å². The van der Waals surface area contributed by atoms with Gasteiger partial charge in [0.25, 0.3) is 5.56 Å². The highest BCUT2D eigenvalue weighted by Gasteiger charge is 2.40. The lowest BCUT2D eigenvalue weighted by Gasteiger charge is -2.18. The SMILES string of the molecule is CCCCCCCCCCCCCCCCCCCCOC(=O)P(=O)(O)OC[C@H]1O[C@@H](n2cc(C)c(=O)[nH]c2=O)CC1N=[N+]=[N-].N. The van der Waals surface area contributed by atoms with Gasteiger partial charge in [0, 0.05) is 23.1 Å². The summed E-state index contributed by atoms with van der Waals surface area (Å²) in [5.41, 5.74) is 6.58. The molecule has 1 aliphatic rings. The molecule has 0 radical (unpaired) electrons. The van der Waals surface area contributed by atoms with E-state index >= 15 is 0 Å². The van der Waals surface area contributed by atoms with Crippen molar-refractivity contribution < 1.29 is 28.3 Å². The molecule has 2 rings (SSSR count). The van der Waals surface area contributed by atoms with Crippen LogP contribution in [0.5, 0.6) is 0 Å². The number of aryl methyl sites for hydroxylation is 1. The Morgan fingerprint density at radius 1 is 1.00 bits per heavy atom. The van der Waals surface area contributed by atoms with Gasteiger partial charge in [0.2, 0.25) is 0 Å². The number of carbonyl (C=O) groups excluding carboxylic acids is 1. The molecule has 2 heterocycles.